The Hall–Kier alpha value is 0.393. The molecule has 0 saturated heterocycles. The van der Waals surface area contributed by atoms with Crippen molar-refractivity contribution in [1.82, 2.24) is 0 Å². The number of fused-ring (bicyclic) bond motifs is 2. The number of anilines is 2. The van der Waals surface area contributed by atoms with Crippen molar-refractivity contribution in [1.29, 1.82) is 0 Å². The quantitative estimate of drug-likeness (QED) is 0.396. The Morgan fingerprint density at radius 3 is 1.67 bits per heavy atom. The molecule has 18 heavy (non-hydrogen) atoms. The van der Waals surface area contributed by atoms with Crippen molar-refractivity contribution >= 4 is 81.9 Å². The molecule has 0 amide bonds. The second-order valence-electron chi connectivity index (χ2n) is 3.28. The van der Waals surface area contributed by atoms with E-state index in [-0.39, 0.29) is 26.2 Å². The maximum Gasteiger partial charge on any atom is 0.0526 e. The van der Waals surface area contributed by atoms with E-state index in [0.29, 0.717) is 0 Å². The minimum Gasteiger partial charge on any atom is -0.354 e. The predicted molar refractivity (Wildman–Crippen MR) is 89.2 cm³/mol. The van der Waals surface area contributed by atoms with Crippen LogP contribution in [0.15, 0.2) is 58.3 Å². The molecule has 0 bridgehead atoms. The van der Waals surface area contributed by atoms with E-state index in [2.05, 4.69) is 89.3 Å². The van der Waals surface area contributed by atoms with Crippen LogP contribution in [-0.4, -0.2) is 26.2 Å². The van der Waals surface area contributed by atoms with Crippen LogP contribution < -0.4 is 5.32 Å². The summed E-state index contributed by atoms with van der Waals surface area (Å²) in [6.07, 6.45) is 0. The van der Waals surface area contributed by atoms with Gasteiger partial charge in [0.2, 0.25) is 0 Å². The van der Waals surface area contributed by atoms with E-state index in [1.54, 1.807) is 0 Å². The van der Waals surface area contributed by atoms with Crippen molar-refractivity contribution in [2.75, 3.05) is 5.32 Å². The molecule has 6 heteroatoms. The monoisotopic (exact) mass is 585 g/mol. The SMILES string of the molecule is BrOBr.[BiH3].c1ccc2c(c1)Nc1ccccc1S2. The van der Waals surface area contributed by atoms with Crippen molar-refractivity contribution in [3.63, 3.8) is 0 Å². The van der Waals surface area contributed by atoms with Gasteiger partial charge in [-0.3, -0.25) is 0 Å². The van der Waals surface area contributed by atoms with E-state index in [1.165, 1.54) is 21.2 Å². The standard InChI is InChI=1S/C12H9NS.Bi.Br2O.3H/c1-3-7-11-9(5-1)13-10-6-2-4-8-12(10)14-11;;1-3-2;;;/h1-8,13H;;;;;. The van der Waals surface area contributed by atoms with Crippen molar-refractivity contribution in [3.8, 4) is 0 Å². The maximum atomic E-state index is 3.88. The number of halogens is 2. The van der Waals surface area contributed by atoms with Gasteiger partial charge < -0.3 is 5.32 Å². The first-order valence-electron chi connectivity index (χ1n) is 4.87. The van der Waals surface area contributed by atoms with E-state index < -0.39 is 0 Å². The molecule has 1 aliphatic heterocycles. The van der Waals surface area contributed by atoms with E-state index in [1.807, 2.05) is 11.8 Å². The van der Waals surface area contributed by atoms with Crippen molar-refractivity contribution < 1.29 is 2.92 Å². The van der Waals surface area contributed by atoms with Gasteiger partial charge in [0.05, 0.1) is 11.4 Å². The number of rotatable bonds is 0. The summed E-state index contributed by atoms with van der Waals surface area (Å²) in [5.41, 5.74) is 2.41. The van der Waals surface area contributed by atoms with Crippen LogP contribution in [0.1, 0.15) is 0 Å². The Morgan fingerprint density at radius 1 is 0.833 bits per heavy atom. The van der Waals surface area contributed by atoms with E-state index in [0.717, 1.165) is 0 Å². The Bertz CT molecular complexity index is 425. The molecule has 2 nitrogen and oxygen atoms in total. The summed E-state index contributed by atoms with van der Waals surface area (Å²) in [5.74, 6) is 0. The molecule has 0 fully saturated rings. The molecule has 2 aromatic rings. The second kappa shape index (κ2) is 8.54. The second-order valence-corrected chi connectivity index (χ2v) is 5.88. The number of hydrogen-bond donors (Lipinski definition) is 1. The molecular formula is C12H12BiBr2NOS. The van der Waals surface area contributed by atoms with Crippen molar-refractivity contribution in [3.05, 3.63) is 48.5 Å². The third-order valence-corrected chi connectivity index (χ3v) is 3.42. The van der Waals surface area contributed by atoms with Crippen LogP contribution in [0.3, 0.4) is 0 Å². The van der Waals surface area contributed by atoms with E-state index in [9.17, 15) is 0 Å². The fourth-order valence-electron chi connectivity index (χ4n) is 1.58. The van der Waals surface area contributed by atoms with Gasteiger partial charge in [0.1, 0.15) is 32.5 Å². The molecule has 1 heterocycles. The number of hydrogen-bond acceptors (Lipinski definition) is 3. The average molecular weight is 587 g/mol. The van der Waals surface area contributed by atoms with Crippen LogP contribution in [0.4, 0.5) is 11.4 Å². The minimum atomic E-state index is 0. The van der Waals surface area contributed by atoms with Crippen LogP contribution in [-0.2, 0) is 2.92 Å². The molecule has 0 saturated carbocycles. The van der Waals surface area contributed by atoms with Crippen molar-refractivity contribution in [2.45, 2.75) is 9.79 Å². The summed E-state index contributed by atoms with van der Waals surface area (Å²) in [7, 11) is 0. The van der Waals surface area contributed by atoms with Gasteiger partial charge in [0.15, 0.2) is 0 Å². The summed E-state index contributed by atoms with van der Waals surface area (Å²) >= 11 is 6.94. The summed E-state index contributed by atoms with van der Waals surface area (Å²) in [5, 5.41) is 3.42. The van der Waals surface area contributed by atoms with Gasteiger partial charge in [-0.05, 0) is 24.3 Å². The number of benzene rings is 2. The smallest absolute Gasteiger partial charge is 0.0526 e. The summed E-state index contributed by atoms with van der Waals surface area (Å²) in [6.45, 7) is 0. The fourth-order valence-corrected chi connectivity index (χ4v) is 2.57. The first-order valence-corrected chi connectivity index (χ1v) is 6.98. The Morgan fingerprint density at radius 2 is 1.22 bits per heavy atom. The van der Waals surface area contributed by atoms with Crippen LogP contribution >= 0.6 is 44.3 Å². The number of para-hydroxylation sites is 2. The molecule has 0 unspecified atom stereocenters. The van der Waals surface area contributed by atoms with Crippen LogP contribution in [0.2, 0.25) is 0 Å². The third kappa shape index (κ3) is 4.20. The zero-order valence-corrected chi connectivity index (χ0v) is 18.9. The average Bonchev–Trinajstić information content (AvgIpc) is 2.37. The van der Waals surface area contributed by atoms with Gasteiger partial charge in [-0.15, -0.1) is 0 Å². The first-order chi connectivity index (χ1) is 8.35. The minimum absolute atomic E-state index is 0. The third-order valence-electron chi connectivity index (χ3n) is 2.26. The van der Waals surface area contributed by atoms with Gasteiger partial charge >= 0.3 is 26.2 Å². The molecule has 3 rings (SSSR count). The molecule has 2 aromatic carbocycles. The van der Waals surface area contributed by atoms with Gasteiger partial charge in [-0.1, -0.05) is 36.0 Å². The normalized spacial score (nSPS) is 10.8. The zero-order valence-electron chi connectivity index (χ0n) is 9.40. The molecule has 0 atom stereocenters. The fraction of sp³-hybridized carbons (Fsp3) is 0. The molecule has 0 aliphatic carbocycles. The molecule has 96 valence electrons. The van der Waals surface area contributed by atoms with Crippen LogP contribution in [0, 0.1) is 0 Å². The van der Waals surface area contributed by atoms with E-state index >= 15 is 0 Å². The Kier molecular flexibility index (Phi) is 7.80. The van der Waals surface area contributed by atoms with Crippen LogP contribution in [0.5, 0.6) is 0 Å². The molecular weight excluding hydrogens is 575 g/mol. The Labute approximate surface area is 147 Å². The molecule has 0 aromatic heterocycles. The number of nitrogens with one attached hydrogen (secondary N) is 1. The summed E-state index contributed by atoms with van der Waals surface area (Å²) in [4.78, 5) is 2.59. The maximum absolute atomic E-state index is 3.88. The van der Waals surface area contributed by atoms with Gasteiger partial charge in [0.25, 0.3) is 0 Å². The summed E-state index contributed by atoms with van der Waals surface area (Å²) in [6, 6.07) is 16.8. The topological polar surface area (TPSA) is 21.3 Å². The first kappa shape index (κ1) is 16.4. The van der Waals surface area contributed by atoms with Crippen molar-refractivity contribution in [2.24, 2.45) is 0 Å². The van der Waals surface area contributed by atoms with Gasteiger partial charge in [0, 0.05) is 9.79 Å². The molecule has 0 spiro atoms. The van der Waals surface area contributed by atoms with Gasteiger partial charge in [-0.2, -0.15) is 0 Å². The molecule has 1 N–H and O–H groups in total. The van der Waals surface area contributed by atoms with Crippen LogP contribution in [0.25, 0.3) is 0 Å². The predicted octanol–water partition coefficient (Wildman–Crippen LogP) is 4.33. The Balaban J connectivity index is 0.000000372. The summed E-state index contributed by atoms with van der Waals surface area (Å²) < 4.78 is 3.88. The molecule has 0 radical (unpaired) electrons. The zero-order chi connectivity index (χ0) is 12.1. The van der Waals surface area contributed by atoms with E-state index in [4.69, 9.17) is 0 Å². The van der Waals surface area contributed by atoms with Gasteiger partial charge in [-0.25, -0.2) is 2.92 Å². The largest absolute Gasteiger partial charge is 0.354 e. The molecule has 1 aliphatic rings.